The van der Waals surface area contributed by atoms with Gasteiger partial charge in [0.25, 0.3) is 0 Å². The molecule has 0 amide bonds. The Balaban J connectivity index is 1.20. The second-order valence-electron chi connectivity index (χ2n) is 20.3. The molecule has 0 unspecified atom stereocenters. The average molecular weight is 917 g/mol. The smallest absolute Gasteiger partial charge is 0.0747 e. The fourth-order valence-electron chi connectivity index (χ4n) is 13.5. The summed E-state index contributed by atoms with van der Waals surface area (Å²) in [6, 6.07) is 95.9. The first-order valence-corrected chi connectivity index (χ1v) is 25.3. The third-order valence-electron chi connectivity index (χ3n) is 16.4. The van der Waals surface area contributed by atoms with E-state index in [2.05, 4.69) is 278 Å². The van der Waals surface area contributed by atoms with Crippen LogP contribution in [-0.2, 0) is 10.8 Å². The van der Waals surface area contributed by atoms with E-state index in [0.717, 1.165) is 17.1 Å². The van der Waals surface area contributed by atoms with Gasteiger partial charge in [0.1, 0.15) is 0 Å². The summed E-state index contributed by atoms with van der Waals surface area (Å²) in [4.78, 5) is 2.60. The van der Waals surface area contributed by atoms with E-state index in [9.17, 15) is 0 Å². The maximum atomic E-state index is 2.60. The van der Waals surface area contributed by atoms with Gasteiger partial charge in [-0.2, -0.15) is 0 Å². The monoisotopic (exact) mass is 916 g/mol. The number of hydrogen-bond acceptors (Lipinski definition) is 1. The molecule has 3 aliphatic rings. The molecule has 338 valence electrons. The molecule has 2 aliphatic carbocycles. The van der Waals surface area contributed by atoms with Gasteiger partial charge in [0.2, 0.25) is 0 Å². The molecule has 0 N–H and O–H groups in total. The number of anilines is 3. The van der Waals surface area contributed by atoms with Crippen molar-refractivity contribution in [2.24, 2.45) is 0 Å². The van der Waals surface area contributed by atoms with Gasteiger partial charge in [-0.3, -0.25) is 0 Å². The van der Waals surface area contributed by atoms with Crippen LogP contribution in [0.5, 0.6) is 0 Å². The fraction of sp³-hybridized carbons (Fsp3) is 0.0571. The summed E-state index contributed by atoms with van der Waals surface area (Å²) in [6.07, 6.45) is 0. The summed E-state index contributed by atoms with van der Waals surface area (Å²) in [5.41, 5.74) is 26.2. The lowest BCUT2D eigenvalue weighted by atomic mass is 9.63. The van der Waals surface area contributed by atoms with Crippen LogP contribution in [-0.4, -0.2) is 4.57 Å². The number of para-hydroxylation sites is 3. The van der Waals surface area contributed by atoms with Crippen LogP contribution in [0.3, 0.4) is 0 Å². The van der Waals surface area contributed by atoms with E-state index >= 15 is 0 Å². The summed E-state index contributed by atoms with van der Waals surface area (Å²) < 4.78 is 2.59. The number of aromatic nitrogens is 1. The van der Waals surface area contributed by atoms with Crippen molar-refractivity contribution in [2.75, 3.05) is 4.90 Å². The molecular weight excluding hydrogens is 869 g/mol. The Morgan fingerprint density at radius 1 is 0.347 bits per heavy atom. The molecule has 0 fully saturated rings. The van der Waals surface area contributed by atoms with E-state index in [-0.39, 0.29) is 5.41 Å². The molecule has 0 atom stereocenters. The van der Waals surface area contributed by atoms with Crippen molar-refractivity contribution in [3.8, 4) is 61.3 Å². The Kier molecular flexibility index (Phi) is 8.66. The van der Waals surface area contributed by atoms with Gasteiger partial charge in [-0.1, -0.05) is 226 Å². The predicted molar refractivity (Wildman–Crippen MR) is 300 cm³/mol. The van der Waals surface area contributed by atoms with Crippen molar-refractivity contribution in [2.45, 2.75) is 24.7 Å². The van der Waals surface area contributed by atoms with Crippen LogP contribution < -0.4 is 4.90 Å². The summed E-state index contributed by atoms with van der Waals surface area (Å²) in [6.45, 7) is 4.75. The first kappa shape index (κ1) is 40.9. The van der Waals surface area contributed by atoms with Crippen LogP contribution in [0.15, 0.2) is 255 Å². The number of nitrogens with zero attached hydrogens (tertiary/aromatic N) is 2. The van der Waals surface area contributed by atoms with Crippen molar-refractivity contribution in [3.63, 3.8) is 0 Å². The zero-order valence-electron chi connectivity index (χ0n) is 40.1. The lowest BCUT2D eigenvalue weighted by Gasteiger charge is -2.40. The van der Waals surface area contributed by atoms with Gasteiger partial charge >= 0.3 is 0 Å². The zero-order chi connectivity index (χ0) is 47.7. The highest BCUT2D eigenvalue weighted by molar-refractivity contribution is 6.22. The molecule has 11 aromatic carbocycles. The van der Waals surface area contributed by atoms with Crippen LogP contribution in [0.1, 0.15) is 47.2 Å². The van der Waals surface area contributed by atoms with Crippen molar-refractivity contribution in [1.29, 1.82) is 0 Å². The molecule has 2 heterocycles. The maximum absolute atomic E-state index is 2.60. The Morgan fingerprint density at radius 3 is 1.57 bits per heavy atom. The van der Waals surface area contributed by atoms with E-state index in [1.54, 1.807) is 0 Å². The molecule has 1 aromatic heterocycles. The molecule has 0 bridgehead atoms. The molecule has 0 radical (unpaired) electrons. The zero-order valence-corrected chi connectivity index (χ0v) is 40.1. The summed E-state index contributed by atoms with van der Waals surface area (Å²) in [7, 11) is 0. The van der Waals surface area contributed by atoms with Gasteiger partial charge < -0.3 is 9.47 Å². The van der Waals surface area contributed by atoms with Crippen LogP contribution in [0.2, 0.25) is 0 Å². The lowest BCUT2D eigenvalue weighted by Crippen LogP contribution is -2.32. The van der Waals surface area contributed by atoms with Gasteiger partial charge in [0.15, 0.2) is 0 Å². The standard InChI is InChI=1S/C70H48N2/c1-69(2)57-35-17-14-31-51(57)55-43-48(41-42-58(55)69)71(47-27-10-5-11-28-47)64-44-56-53-33-16-21-40-63(53)72-62-39-20-15-32-52(62)54-34-22-38-61-65(54)66(68(56)72)67(64)70(61,59-36-18-12-29-49(59)45-23-6-3-7-24-45)60-37-19-13-30-50(60)46-25-8-4-9-26-46/h3-44H,1-2H3. The Morgan fingerprint density at radius 2 is 0.875 bits per heavy atom. The van der Waals surface area contributed by atoms with Crippen molar-refractivity contribution in [3.05, 3.63) is 288 Å². The third kappa shape index (κ3) is 5.44. The first-order chi connectivity index (χ1) is 35.5. The SMILES string of the molecule is CC1(C)c2ccccc2-c2cc(N(c3ccccc3)c3cc4c5ccccc5n5c4c4c3C(c3ccccc3-c3ccccc3)(c3ccccc3-c3ccccc3)c3cccc(c3-4)-c3ccccc3-5)ccc21. The van der Waals surface area contributed by atoms with Crippen molar-refractivity contribution < 1.29 is 0 Å². The number of rotatable bonds is 7. The molecule has 0 saturated carbocycles. The Labute approximate surface area is 420 Å². The van der Waals surface area contributed by atoms with E-state index < -0.39 is 5.41 Å². The van der Waals surface area contributed by atoms with Crippen LogP contribution >= 0.6 is 0 Å². The highest BCUT2D eigenvalue weighted by atomic mass is 15.1. The average Bonchev–Trinajstić information content (AvgIpc) is 4.00. The molecule has 0 saturated heterocycles. The second kappa shape index (κ2) is 15.3. The second-order valence-corrected chi connectivity index (χ2v) is 20.3. The molecule has 72 heavy (non-hydrogen) atoms. The highest BCUT2D eigenvalue weighted by Crippen LogP contribution is 2.67. The Hall–Kier alpha value is -8.98. The van der Waals surface area contributed by atoms with Gasteiger partial charge in [-0.05, 0) is 115 Å². The topological polar surface area (TPSA) is 8.17 Å². The molecular formula is C70H48N2. The van der Waals surface area contributed by atoms with E-state index in [0.29, 0.717) is 0 Å². The van der Waals surface area contributed by atoms with E-state index in [4.69, 9.17) is 0 Å². The molecule has 15 rings (SSSR count). The Bertz CT molecular complexity index is 4100. The minimum atomic E-state index is -0.866. The molecule has 1 aliphatic heterocycles. The van der Waals surface area contributed by atoms with Crippen LogP contribution in [0.25, 0.3) is 83.1 Å². The van der Waals surface area contributed by atoms with E-state index in [1.807, 2.05) is 0 Å². The van der Waals surface area contributed by atoms with Gasteiger partial charge in [-0.15, -0.1) is 0 Å². The summed E-state index contributed by atoms with van der Waals surface area (Å²) >= 11 is 0. The van der Waals surface area contributed by atoms with Crippen LogP contribution in [0.4, 0.5) is 17.1 Å². The highest BCUT2D eigenvalue weighted by Gasteiger charge is 2.53. The minimum Gasteiger partial charge on any atom is -0.310 e. The number of hydrogen-bond donors (Lipinski definition) is 0. The normalized spacial score (nSPS) is 13.9. The summed E-state index contributed by atoms with van der Waals surface area (Å²) in [5.74, 6) is 0. The number of benzene rings is 11. The van der Waals surface area contributed by atoms with E-state index in [1.165, 1.54) is 117 Å². The molecule has 12 aromatic rings. The minimum absolute atomic E-state index is 0.135. The van der Waals surface area contributed by atoms with Crippen molar-refractivity contribution in [1.82, 2.24) is 4.57 Å². The fourth-order valence-corrected chi connectivity index (χ4v) is 13.5. The third-order valence-corrected chi connectivity index (χ3v) is 16.4. The van der Waals surface area contributed by atoms with Gasteiger partial charge in [0.05, 0.1) is 27.8 Å². The van der Waals surface area contributed by atoms with Crippen LogP contribution in [0, 0.1) is 0 Å². The predicted octanol–water partition coefficient (Wildman–Crippen LogP) is 18.2. The quantitative estimate of drug-likeness (QED) is 0.155. The van der Waals surface area contributed by atoms with Gasteiger partial charge in [-0.25, -0.2) is 0 Å². The number of fused-ring (bicyclic) bond motifs is 9. The van der Waals surface area contributed by atoms with Crippen molar-refractivity contribution >= 4 is 38.9 Å². The lowest BCUT2D eigenvalue weighted by molar-refractivity contribution is 0.660. The molecule has 2 heteroatoms. The van der Waals surface area contributed by atoms with Gasteiger partial charge in [0, 0.05) is 44.3 Å². The summed E-state index contributed by atoms with van der Waals surface area (Å²) in [5, 5.41) is 2.46. The maximum Gasteiger partial charge on any atom is 0.0747 e. The first-order valence-electron chi connectivity index (χ1n) is 25.3. The molecule has 0 spiro atoms. The largest absolute Gasteiger partial charge is 0.310 e. The molecule has 2 nitrogen and oxygen atoms in total.